The lowest BCUT2D eigenvalue weighted by atomic mass is 9.99. The van der Waals surface area contributed by atoms with E-state index in [2.05, 4.69) is 13.8 Å². The number of methoxy groups -OCH3 is 1. The first kappa shape index (κ1) is 13.6. The van der Waals surface area contributed by atoms with Gasteiger partial charge in [0.2, 0.25) is 5.91 Å². The minimum atomic E-state index is -0.365. The van der Waals surface area contributed by atoms with Gasteiger partial charge in [-0.05, 0) is 36.1 Å². The highest BCUT2D eigenvalue weighted by atomic mass is 16.5. The molecule has 1 aromatic rings. The van der Waals surface area contributed by atoms with Crippen LogP contribution in [0.25, 0.3) is 0 Å². The molecule has 1 aliphatic heterocycles. The molecule has 0 atom stereocenters. The van der Waals surface area contributed by atoms with Crippen molar-refractivity contribution in [3.05, 3.63) is 29.3 Å². The van der Waals surface area contributed by atoms with E-state index in [9.17, 15) is 9.59 Å². The van der Waals surface area contributed by atoms with Gasteiger partial charge in [-0.25, -0.2) is 4.79 Å². The van der Waals surface area contributed by atoms with Gasteiger partial charge in [-0.15, -0.1) is 0 Å². The van der Waals surface area contributed by atoms with E-state index >= 15 is 0 Å². The van der Waals surface area contributed by atoms with Crippen LogP contribution >= 0.6 is 0 Å². The van der Waals surface area contributed by atoms with E-state index in [1.807, 2.05) is 12.1 Å². The summed E-state index contributed by atoms with van der Waals surface area (Å²) in [6.45, 7) is 4.85. The molecule has 1 saturated heterocycles. The third-order valence-electron chi connectivity index (χ3n) is 3.41. The summed E-state index contributed by atoms with van der Waals surface area (Å²) in [4.78, 5) is 25.3. The fourth-order valence-corrected chi connectivity index (χ4v) is 2.28. The van der Waals surface area contributed by atoms with Crippen molar-refractivity contribution in [1.82, 2.24) is 0 Å². The van der Waals surface area contributed by atoms with Crippen LogP contribution in [0.3, 0.4) is 0 Å². The first-order chi connectivity index (χ1) is 9.02. The zero-order valence-corrected chi connectivity index (χ0v) is 11.6. The van der Waals surface area contributed by atoms with Gasteiger partial charge in [0, 0.05) is 18.7 Å². The van der Waals surface area contributed by atoms with E-state index in [4.69, 9.17) is 4.74 Å². The Morgan fingerprint density at radius 3 is 2.58 bits per heavy atom. The van der Waals surface area contributed by atoms with Crippen LogP contribution in [-0.4, -0.2) is 25.5 Å². The Morgan fingerprint density at radius 1 is 1.32 bits per heavy atom. The van der Waals surface area contributed by atoms with Crippen LogP contribution in [0.1, 0.15) is 48.5 Å². The van der Waals surface area contributed by atoms with Gasteiger partial charge in [-0.2, -0.15) is 0 Å². The summed E-state index contributed by atoms with van der Waals surface area (Å²) in [5.41, 5.74) is 2.34. The molecule has 1 aromatic carbocycles. The maximum atomic E-state index is 11.8. The Bertz CT molecular complexity index is 508. The van der Waals surface area contributed by atoms with Crippen molar-refractivity contribution in [3.63, 3.8) is 0 Å². The molecule has 1 aliphatic rings. The second kappa shape index (κ2) is 5.43. The molecule has 1 fully saturated rings. The Balaban J connectivity index is 2.45. The van der Waals surface area contributed by atoms with Gasteiger partial charge in [0.25, 0.3) is 0 Å². The molecule has 0 unspecified atom stereocenters. The van der Waals surface area contributed by atoms with E-state index in [-0.39, 0.29) is 11.9 Å². The standard InChI is InChI=1S/C15H19NO3/c1-10(2)11-7-12(15(18)19-3)9-13(8-11)16-6-4-5-14(16)17/h7-10H,4-6H2,1-3H3. The topological polar surface area (TPSA) is 46.6 Å². The summed E-state index contributed by atoms with van der Waals surface area (Å²) in [6, 6.07) is 5.56. The summed E-state index contributed by atoms with van der Waals surface area (Å²) < 4.78 is 4.77. The second-order valence-electron chi connectivity index (χ2n) is 5.11. The minimum Gasteiger partial charge on any atom is -0.465 e. The second-order valence-corrected chi connectivity index (χ2v) is 5.11. The van der Waals surface area contributed by atoms with Crippen molar-refractivity contribution in [1.29, 1.82) is 0 Å². The molecule has 0 radical (unpaired) electrons. The molecule has 19 heavy (non-hydrogen) atoms. The largest absolute Gasteiger partial charge is 0.465 e. The summed E-state index contributed by atoms with van der Waals surface area (Å²) >= 11 is 0. The number of esters is 1. The number of hydrogen-bond donors (Lipinski definition) is 0. The normalized spacial score (nSPS) is 15.2. The minimum absolute atomic E-state index is 0.122. The lowest BCUT2D eigenvalue weighted by Gasteiger charge is -2.19. The highest BCUT2D eigenvalue weighted by molar-refractivity contribution is 5.97. The van der Waals surface area contributed by atoms with Crippen LogP contribution < -0.4 is 4.90 Å². The average molecular weight is 261 g/mol. The molecule has 0 spiro atoms. The maximum absolute atomic E-state index is 11.8. The summed E-state index contributed by atoms with van der Waals surface area (Å²) in [7, 11) is 1.37. The van der Waals surface area contributed by atoms with Crippen molar-refractivity contribution in [2.45, 2.75) is 32.6 Å². The summed E-state index contributed by atoms with van der Waals surface area (Å²) in [5, 5.41) is 0. The Labute approximate surface area is 113 Å². The predicted molar refractivity (Wildman–Crippen MR) is 73.5 cm³/mol. The molecular weight excluding hydrogens is 242 g/mol. The molecule has 0 aromatic heterocycles. The van der Waals surface area contributed by atoms with Crippen LogP contribution in [-0.2, 0) is 9.53 Å². The quantitative estimate of drug-likeness (QED) is 0.786. The Morgan fingerprint density at radius 2 is 2.05 bits per heavy atom. The maximum Gasteiger partial charge on any atom is 0.337 e. The number of ether oxygens (including phenoxy) is 1. The number of rotatable bonds is 3. The van der Waals surface area contributed by atoms with E-state index in [0.29, 0.717) is 17.9 Å². The lowest BCUT2D eigenvalue weighted by Crippen LogP contribution is -2.24. The summed E-state index contributed by atoms with van der Waals surface area (Å²) in [5.74, 6) is 0.0492. The van der Waals surface area contributed by atoms with Crippen molar-refractivity contribution >= 4 is 17.6 Å². The van der Waals surface area contributed by atoms with Crippen molar-refractivity contribution in [2.24, 2.45) is 0 Å². The van der Waals surface area contributed by atoms with Gasteiger partial charge in [0.05, 0.1) is 12.7 Å². The van der Waals surface area contributed by atoms with E-state index in [0.717, 1.165) is 24.2 Å². The number of anilines is 1. The first-order valence-electron chi connectivity index (χ1n) is 6.56. The van der Waals surface area contributed by atoms with Crippen LogP contribution in [0.2, 0.25) is 0 Å². The Kier molecular flexibility index (Phi) is 3.88. The molecule has 0 aliphatic carbocycles. The smallest absolute Gasteiger partial charge is 0.337 e. The molecule has 0 bridgehead atoms. The molecule has 2 rings (SSSR count). The third kappa shape index (κ3) is 2.78. The van der Waals surface area contributed by atoms with Gasteiger partial charge in [0.15, 0.2) is 0 Å². The molecule has 102 valence electrons. The lowest BCUT2D eigenvalue weighted by molar-refractivity contribution is -0.117. The molecule has 4 nitrogen and oxygen atoms in total. The molecule has 0 saturated carbocycles. The zero-order chi connectivity index (χ0) is 14.0. The van der Waals surface area contributed by atoms with Crippen molar-refractivity contribution < 1.29 is 14.3 Å². The monoisotopic (exact) mass is 261 g/mol. The van der Waals surface area contributed by atoms with Crippen LogP contribution in [0.15, 0.2) is 18.2 Å². The highest BCUT2D eigenvalue weighted by Crippen LogP contribution is 2.27. The number of amides is 1. The van der Waals surface area contributed by atoms with E-state index < -0.39 is 0 Å². The van der Waals surface area contributed by atoms with E-state index in [1.165, 1.54) is 7.11 Å². The first-order valence-corrected chi connectivity index (χ1v) is 6.56. The molecule has 4 heteroatoms. The van der Waals surface area contributed by atoms with Crippen molar-refractivity contribution in [3.8, 4) is 0 Å². The summed E-state index contributed by atoms with van der Waals surface area (Å²) in [6.07, 6.45) is 1.46. The molecule has 0 N–H and O–H groups in total. The average Bonchev–Trinajstić information content (AvgIpc) is 2.83. The van der Waals surface area contributed by atoms with Gasteiger partial charge in [-0.3, -0.25) is 4.79 Å². The molecule has 1 amide bonds. The Hall–Kier alpha value is -1.84. The van der Waals surface area contributed by atoms with E-state index in [1.54, 1.807) is 11.0 Å². The molecule has 1 heterocycles. The number of benzene rings is 1. The third-order valence-corrected chi connectivity index (χ3v) is 3.41. The van der Waals surface area contributed by atoms with Gasteiger partial charge in [-0.1, -0.05) is 13.8 Å². The van der Waals surface area contributed by atoms with Gasteiger partial charge < -0.3 is 9.64 Å². The fourth-order valence-electron chi connectivity index (χ4n) is 2.28. The fraction of sp³-hybridized carbons (Fsp3) is 0.467. The number of hydrogen-bond acceptors (Lipinski definition) is 3. The molecular formula is C15H19NO3. The highest BCUT2D eigenvalue weighted by Gasteiger charge is 2.23. The van der Waals surface area contributed by atoms with Gasteiger partial charge in [0.1, 0.15) is 0 Å². The van der Waals surface area contributed by atoms with Crippen molar-refractivity contribution in [2.75, 3.05) is 18.6 Å². The van der Waals surface area contributed by atoms with Crippen LogP contribution in [0, 0.1) is 0 Å². The SMILES string of the molecule is COC(=O)c1cc(C(C)C)cc(N2CCCC2=O)c1. The number of nitrogens with zero attached hydrogens (tertiary/aromatic N) is 1. The predicted octanol–water partition coefficient (Wildman–Crippen LogP) is 2.72. The van der Waals surface area contributed by atoms with Crippen LogP contribution in [0.4, 0.5) is 5.69 Å². The van der Waals surface area contributed by atoms with Crippen LogP contribution in [0.5, 0.6) is 0 Å². The zero-order valence-electron chi connectivity index (χ0n) is 11.6. The number of carbonyl (C=O) groups excluding carboxylic acids is 2. The van der Waals surface area contributed by atoms with Gasteiger partial charge >= 0.3 is 5.97 Å². The number of carbonyl (C=O) groups is 2.